The minimum atomic E-state index is -3.20. The van der Waals surface area contributed by atoms with Crippen LogP contribution in [0, 0.1) is 5.82 Å². The monoisotopic (exact) mass is 320 g/mol. The highest BCUT2D eigenvalue weighted by Gasteiger charge is 2.17. The third kappa shape index (κ3) is 4.03. The first-order chi connectivity index (χ1) is 9.76. The van der Waals surface area contributed by atoms with E-state index in [-0.39, 0.29) is 35.0 Å². The topological polar surface area (TPSA) is 73.1 Å². The molecule has 0 atom stereocenters. The predicted octanol–water partition coefficient (Wildman–Crippen LogP) is 2.40. The number of benzene rings is 1. The lowest BCUT2D eigenvalue weighted by Crippen LogP contribution is -2.06. The maximum Gasteiger partial charge on any atom is 0.263 e. The van der Waals surface area contributed by atoms with Crippen molar-refractivity contribution in [1.82, 2.24) is 10.1 Å². The number of alkyl halides is 2. The van der Waals surface area contributed by atoms with Gasteiger partial charge >= 0.3 is 0 Å². The molecule has 0 aliphatic carbocycles. The third-order valence-corrected chi connectivity index (χ3v) is 3.58. The molecule has 1 heterocycles. The number of hydrogen-bond acceptors (Lipinski definition) is 5. The van der Waals surface area contributed by atoms with Gasteiger partial charge in [0.2, 0.25) is 0 Å². The molecule has 21 heavy (non-hydrogen) atoms. The molecule has 2 rings (SSSR count). The predicted molar refractivity (Wildman–Crippen MR) is 68.1 cm³/mol. The average molecular weight is 320 g/mol. The maximum atomic E-state index is 13.6. The van der Waals surface area contributed by atoms with Gasteiger partial charge in [-0.1, -0.05) is 11.2 Å². The van der Waals surface area contributed by atoms with E-state index in [1.165, 1.54) is 0 Å². The van der Waals surface area contributed by atoms with Gasteiger partial charge in [-0.3, -0.25) is 0 Å². The van der Waals surface area contributed by atoms with Gasteiger partial charge in [-0.25, -0.2) is 21.6 Å². The third-order valence-electron chi connectivity index (χ3n) is 2.64. The molecule has 0 saturated heterocycles. The SMILES string of the molecule is CS(=O)(=O)CCc1noc(-c2cc(C(F)F)ccc2F)n1. The Hall–Kier alpha value is -1.90. The molecule has 9 heteroatoms. The second-order valence-corrected chi connectivity index (χ2v) is 6.70. The van der Waals surface area contributed by atoms with Gasteiger partial charge in [0, 0.05) is 18.2 Å². The minimum absolute atomic E-state index is 0.00150. The Balaban J connectivity index is 2.27. The Bertz CT molecular complexity index is 744. The van der Waals surface area contributed by atoms with Crippen LogP contribution in [0.3, 0.4) is 0 Å². The molecule has 0 amide bonds. The van der Waals surface area contributed by atoms with Gasteiger partial charge in [0.05, 0.1) is 11.3 Å². The van der Waals surface area contributed by atoms with Crippen molar-refractivity contribution in [3.63, 3.8) is 0 Å². The summed E-state index contributed by atoms with van der Waals surface area (Å²) in [6.45, 7) is 0. The van der Waals surface area contributed by atoms with Crippen molar-refractivity contribution in [1.29, 1.82) is 0 Å². The van der Waals surface area contributed by atoms with Crippen molar-refractivity contribution in [3.05, 3.63) is 35.4 Å². The highest BCUT2D eigenvalue weighted by atomic mass is 32.2. The van der Waals surface area contributed by atoms with Crippen molar-refractivity contribution in [3.8, 4) is 11.5 Å². The summed E-state index contributed by atoms with van der Waals surface area (Å²) in [4.78, 5) is 3.82. The van der Waals surface area contributed by atoms with E-state index >= 15 is 0 Å². The van der Waals surface area contributed by atoms with Crippen molar-refractivity contribution < 1.29 is 26.1 Å². The van der Waals surface area contributed by atoms with Gasteiger partial charge in [0.1, 0.15) is 15.7 Å². The van der Waals surface area contributed by atoms with Crippen molar-refractivity contribution in [2.45, 2.75) is 12.8 Å². The molecule has 2 aromatic rings. The molecule has 1 aromatic heterocycles. The van der Waals surface area contributed by atoms with E-state index in [0.29, 0.717) is 0 Å². The van der Waals surface area contributed by atoms with Crippen LogP contribution in [-0.2, 0) is 16.3 Å². The zero-order chi connectivity index (χ0) is 15.6. The molecule has 0 aliphatic rings. The standard InChI is InChI=1S/C12H11F3N2O3S/c1-21(18,19)5-4-10-16-12(20-17-10)8-6-7(11(14)15)2-3-9(8)13/h2-3,6,11H,4-5H2,1H3. The first-order valence-corrected chi connectivity index (χ1v) is 7.90. The first kappa shape index (κ1) is 15.5. The molecule has 0 spiro atoms. The lowest BCUT2D eigenvalue weighted by Gasteiger charge is -2.02. The van der Waals surface area contributed by atoms with Gasteiger partial charge < -0.3 is 4.52 Å². The zero-order valence-corrected chi connectivity index (χ0v) is 11.7. The van der Waals surface area contributed by atoms with E-state index in [0.717, 1.165) is 24.5 Å². The summed E-state index contributed by atoms with van der Waals surface area (Å²) < 4.78 is 65.7. The zero-order valence-electron chi connectivity index (χ0n) is 10.9. The van der Waals surface area contributed by atoms with E-state index in [1.54, 1.807) is 0 Å². The van der Waals surface area contributed by atoms with E-state index in [2.05, 4.69) is 10.1 Å². The Morgan fingerprint density at radius 2 is 2.05 bits per heavy atom. The van der Waals surface area contributed by atoms with Crippen LogP contribution in [0.2, 0.25) is 0 Å². The number of sulfone groups is 1. The molecular formula is C12H11F3N2O3S. The molecular weight excluding hydrogens is 309 g/mol. The largest absolute Gasteiger partial charge is 0.334 e. The summed E-state index contributed by atoms with van der Waals surface area (Å²) in [5, 5.41) is 3.51. The summed E-state index contributed by atoms with van der Waals surface area (Å²) in [6.07, 6.45) is -1.70. The van der Waals surface area contributed by atoms with E-state index in [1.807, 2.05) is 0 Å². The number of nitrogens with zero attached hydrogens (tertiary/aromatic N) is 2. The Morgan fingerprint density at radius 3 is 2.67 bits per heavy atom. The summed E-state index contributed by atoms with van der Waals surface area (Å²) in [5.41, 5.74) is -0.617. The molecule has 5 nitrogen and oxygen atoms in total. The van der Waals surface area contributed by atoms with E-state index in [4.69, 9.17) is 4.52 Å². The van der Waals surface area contributed by atoms with E-state index in [9.17, 15) is 21.6 Å². The molecule has 0 radical (unpaired) electrons. The summed E-state index contributed by atoms with van der Waals surface area (Å²) >= 11 is 0. The fourth-order valence-electron chi connectivity index (χ4n) is 1.58. The number of aromatic nitrogens is 2. The first-order valence-electron chi connectivity index (χ1n) is 5.84. The van der Waals surface area contributed by atoms with Gasteiger partial charge in [-0.2, -0.15) is 4.98 Å². The van der Waals surface area contributed by atoms with Crippen molar-refractivity contribution in [2.75, 3.05) is 12.0 Å². The molecule has 114 valence electrons. The van der Waals surface area contributed by atoms with Gasteiger partial charge in [-0.05, 0) is 12.1 Å². The van der Waals surface area contributed by atoms with Crippen LogP contribution in [0.4, 0.5) is 13.2 Å². The van der Waals surface area contributed by atoms with Crippen LogP contribution in [0.5, 0.6) is 0 Å². The van der Waals surface area contributed by atoms with Crippen LogP contribution in [0.15, 0.2) is 22.7 Å². The van der Waals surface area contributed by atoms with E-state index < -0.39 is 22.1 Å². The Kier molecular flexibility index (Phi) is 4.31. The van der Waals surface area contributed by atoms with Crippen LogP contribution >= 0.6 is 0 Å². The lowest BCUT2D eigenvalue weighted by molar-refractivity contribution is 0.151. The Labute approximate surface area is 118 Å². The molecule has 0 unspecified atom stereocenters. The van der Waals surface area contributed by atoms with Crippen LogP contribution < -0.4 is 0 Å². The average Bonchev–Trinajstić information content (AvgIpc) is 2.84. The van der Waals surface area contributed by atoms with Crippen LogP contribution in [0.1, 0.15) is 17.8 Å². The van der Waals surface area contributed by atoms with Gasteiger partial charge in [0.15, 0.2) is 5.82 Å². The maximum absolute atomic E-state index is 13.6. The number of rotatable bonds is 5. The quantitative estimate of drug-likeness (QED) is 0.846. The number of hydrogen-bond donors (Lipinski definition) is 0. The van der Waals surface area contributed by atoms with Gasteiger partial charge in [0.25, 0.3) is 12.3 Å². The lowest BCUT2D eigenvalue weighted by atomic mass is 10.1. The molecule has 0 fully saturated rings. The molecule has 0 bridgehead atoms. The molecule has 0 saturated carbocycles. The van der Waals surface area contributed by atoms with Crippen LogP contribution in [-0.4, -0.2) is 30.6 Å². The molecule has 1 aromatic carbocycles. The number of halogens is 3. The normalized spacial score (nSPS) is 12.0. The summed E-state index contributed by atoms with van der Waals surface area (Å²) in [5.74, 6) is -1.17. The highest BCUT2D eigenvalue weighted by molar-refractivity contribution is 7.90. The molecule has 0 N–H and O–H groups in total. The highest BCUT2D eigenvalue weighted by Crippen LogP contribution is 2.27. The summed E-state index contributed by atoms with van der Waals surface area (Å²) in [6, 6.07) is 2.77. The number of aryl methyl sites for hydroxylation is 1. The smallest absolute Gasteiger partial charge is 0.263 e. The second-order valence-electron chi connectivity index (χ2n) is 4.44. The summed E-state index contributed by atoms with van der Waals surface area (Å²) in [7, 11) is -3.20. The van der Waals surface area contributed by atoms with Crippen molar-refractivity contribution >= 4 is 9.84 Å². The minimum Gasteiger partial charge on any atom is -0.334 e. The fourth-order valence-corrected chi connectivity index (χ4v) is 2.14. The molecule has 0 aliphatic heterocycles. The fraction of sp³-hybridized carbons (Fsp3) is 0.333. The Morgan fingerprint density at radius 1 is 1.33 bits per heavy atom. The van der Waals surface area contributed by atoms with Crippen molar-refractivity contribution in [2.24, 2.45) is 0 Å². The van der Waals surface area contributed by atoms with Gasteiger partial charge in [-0.15, -0.1) is 0 Å². The van der Waals surface area contributed by atoms with Crippen LogP contribution in [0.25, 0.3) is 11.5 Å². The second kappa shape index (κ2) is 5.84.